The van der Waals surface area contributed by atoms with Gasteiger partial charge in [-0.25, -0.2) is 9.78 Å². The smallest absolute Gasteiger partial charge is 0.339 e. The van der Waals surface area contributed by atoms with Gasteiger partial charge in [0.05, 0.1) is 15.6 Å². The summed E-state index contributed by atoms with van der Waals surface area (Å²) in [6.45, 7) is 0. The second-order valence-electron chi connectivity index (χ2n) is 3.76. The Balaban J connectivity index is 2.44. The lowest BCUT2D eigenvalue weighted by molar-refractivity contribution is -0.385. The van der Waals surface area contributed by atoms with Crippen molar-refractivity contribution in [1.82, 2.24) is 4.98 Å². The zero-order valence-electron chi connectivity index (χ0n) is 9.91. The predicted molar refractivity (Wildman–Crippen MR) is 72.6 cm³/mol. The van der Waals surface area contributed by atoms with Crippen LogP contribution in [-0.4, -0.2) is 21.0 Å². The van der Waals surface area contributed by atoms with Crippen LogP contribution in [0.5, 0.6) is 0 Å². The number of para-hydroxylation sites is 1. The minimum atomic E-state index is -1.32. The zero-order chi connectivity index (χ0) is 14.7. The van der Waals surface area contributed by atoms with Crippen molar-refractivity contribution >= 4 is 34.8 Å². The highest BCUT2D eigenvalue weighted by atomic mass is 35.5. The number of pyridine rings is 1. The van der Waals surface area contributed by atoms with Crippen LogP contribution in [0, 0.1) is 10.1 Å². The number of carboxylic acids is 1. The fraction of sp³-hybridized carbons (Fsp3) is 0. The highest BCUT2D eigenvalue weighted by Crippen LogP contribution is 2.27. The summed E-state index contributed by atoms with van der Waals surface area (Å²) in [5, 5.41) is 22.8. The molecular weight excluding hydrogens is 286 g/mol. The molecule has 8 heteroatoms. The molecule has 0 aliphatic carbocycles. The van der Waals surface area contributed by atoms with Gasteiger partial charge in [-0.15, -0.1) is 0 Å². The molecule has 0 amide bonds. The minimum Gasteiger partial charge on any atom is -0.478 e. The van der Waals surface area contributed by atoms with E-state index in [1.807, 2.05) is 0 Å². The first kappa shape index (κ1) is 13.8. The summed E-state index contributed by atoms with van der Waals surface area (Å²) in [6, 6.07) is 7.62. The van der Waals surface area contributed by atoms with Gasteiger partial charge < -0.3 is 10.4 Å². The van der Waals surface area contributed by atoms with E-state index in [0.717, 1.165) is 12.3 Å². The van der Waals surface area contributed by atoms with Crippen LogP contribution in [0.2, 0.25) is 5.02 Å². The van der Waals surface area contributed by atoms with E-state index in [2.05, 4.69) is 10.3 Å². The molecule has 0 saturated carbocycles. The number of aromatic nitrogens is 1. The van der Waals surface area contributed by atoms with Crippen LogP contribution < -0.4 is 5.32 Å². The highest BCUT2D eigenvalue weighted by Gasteiger charge is 2.18. The van der Waals surface area contributed by atoms with Crippen molar-refractivity contribution < 1.29 is 14.8 Å². The lowest BCUT2D eigenvalue weighted by Gasteiger charge is -2.09. The van der Waals surface area contributed by atoms with Crippen molar-refractivity contribution in [2.75, 3.05) is 5.32 Å². The molecule has 102 valence electrons. The van der Waals surface area contributed by atoms with E-state index < -0.39 is 16.6 Å². The molecule has 1 aromatic heterocycles. The number of halogens is 1. The van der Waals surface area contributed by atoms with E-state index in [-0.39, 0.29) is 11.4 Å². The van der Waals surface area contributed by atoms with Gasteiger partial charge >= 0.3 is 5.97 Å². The number of anilines is 2. The maximum Gasteiger partial charge on any atom is 0.339 e. The van der Waals surface area contributed by atoms with Crippen LogP contribution >= 0.6 is 11.6 Å². The summed E-state index contributed by atoms with van der Waals surface area (Å²) in [5.74, 6) is -1.34. The molecule has 0 bridgehead atoms. The van der Waals surface area contributed by atoms with Gasteiger partial charge in [0, 0.05) is 6.07 Å². The molecule has 0 atom stereocenters. The summed E-state index contributed by atoms with van der Waals surface area (Å²) >= 11 is 5.94. The third kappa shape index (κ3) is 2.83. The lowest BCUT2D eigenvalue weighted by atomic mass is 10.2. The molecule has 0 aliphatic heterocycles. The van der Waals surface area contributed by atoms with Gasteiger partial charge in [0.2, 0.25) is 0 Å². The number of hydrogen-bond donors (Lipinski definition) is 2. The predicted octanol–water partition coefficient (Wildman–Crippen LogP) is 3.09. The Kier molecular flexibility index (Phi) is 3.81. The Morgan fingerprint density at radius 3 is 2.70 bits per heavy atom. The van der Waals surface area contributed by atoms with Crippen molar-refractivity contribution in [3.05, 3.63) is 57.2 Å². The highest BCUT2D eigenvalue weighted by molar-refractivity contribution is 6.33. The molecular formula is C12H8ClN3O4. The quantitative estimate of drug-likeness (QED) is 0.663. The minimum absolute atomic E-state index is 0.0174. The van der Waals surface area contributed by atoms with E-state index in [1.54, 1.807) is 24.3 Å². The van der Waals surface area contributed by atoms with Gasteiger partial charge in [-0.3, -0.25) is 10.1 Å². The first-order valence-corrected chi connectivity index (χ1v) is 5.76. The molecule has 0 unspecified atom stereocenters. The van der Waals surface area contributed by atoms with Crippen molar-refractivity contribution in [3.63, 3.8) is 0 Å². The number of aromatic carboxylic acids is 1. The van der Waals surface area contributed by atoms with Crippen molar-refractivity contribution in [2.24, 2.45) is 0 Å². The number of benzene rings is 1. The van der Waals surface area contributed by atoms with Crippen LogP contribution in [0.4, 0.5) is 17.2 Å². The summed E-state index contributed by atoms with van der Waals surface area (Å²) < 4.78 is 0. The maximum absolute atomic E-state index is 11.1. The van der Waals surface area contributed by atoms with E-state index in [1.165, 1.54) is 0 Å². The molecule has 2 N–H and O–H groups in total. The van der Waals surface area contributed by atoms with Gasteiger partial charge in [-0.05, 0) is 12.1 Å². The maximum atomic E-state index is 11.1. The Morgan fingerprint density at radius 1 is 1.40 bits per heavy atom. The second-order valence-corrected chi connectivity index (χ2v) is 4.16. The Bertz CT molecular complexity index is 690. The monoisotopic (exact) mass is 293 g/mol. The molecule has 0 fully saturated rings. The van der Waals surface area contributed by atoms with E-state index in [4.69, 9.17) is 16.7 Å². The van der Waals surface area contributed by atoms with E-state index in [9.17, 15) is 14.9 Å². The summed E-state index contributed by atoms with van der Waals surface area (Å²) in [6.07, 6.45) is 0.978. The van der Waals surface area contributed by atoms with E-state index >= 15 is 0 Å². The molecule has 1 aromatic carbocycles. The van der Waals surface area contributed by atoms with Crippen molar-refractivity contribution in [3.8, 4) is 0 Å². The lowest BCUT2D eigenvalue weighted by Crippen LogP contribution is -2.06. The van der Waals surface area contributed by atoms with Crippen LogP contribution in [0.1, 0.15) is 10.4 Å². The Morgan fingerprint density at radius 2 is 2.10 bits per heavy atom. The third-order valence-electron chi connectivity index (χ3n) is 2.44. The standard InChI is InChI=1S/C12H8ClN3O4/c13-9-3-1-2-4-10(9)15-11-8(12(17)18)5-7(6-14-11)16(19)20/h1-6H,(H,14,15)(H,17,18). The molecule has 20 heavy (non-hydrogen) atoms. The average molecular weight is 294 g/mol. The number of nitro groups is 1. The number of carbonyl (C=O) groups is 1. The molecule has 0 aliphatic rings. The molecule has 0 spiro atoms. The third-order valence-corrected chi connectivity index (χ3v) is 2.77. The second kappa shape index (κ2) is 5.54. The van der Waals surface area contributed by atoms with Gasteiger partial charge in [0.1, 0.15) is 17.6 Å². The number of nitrogens with one attached hydrogen (secondary N) is 1. The van der Waals surface area contributed by atoms with Gasteiger partial charge in [0.15, 0.2) is 0 Å². The van der Waals surface area contributed by atoms with Crippen LogP contribution in [0.15, 0.2) is 36.5 Å². The summed E-state index contributed by atoms with van der Waals surface area (Å²) in [5.41, 5.74) is -0.246. The number of nitrogens with zero attached hydrogens (tertiary/aromatic N) is 2. The number of rotatable bonds is 4. The SMILES string of the molecule is O=C(O)c1cc([N+](=O)[O-])cnc1Nc1ccccc1Cl. The van der Waals surface area contributed by atoms with Crippen molar-refractivity contribution in [1.29, 1.82) is 0 Å². The fourth-order valence-electron chi connectivity index (χ4n) is 1.51. The Labute approximate surface area is 118 Å². The fourth-order valence-corrected chi connectivity index (χ4v) is 1.69. The first-order valence-electron chi connectivity index (χ1n) is 5.38. The van der Waals surface area contributed by atoms with Crippen molar-refractivity contribution in [2.45, 2.75) is 0 Å². The van der Waals surface area contributed by atoms with Crippen LogP contribution in [0.25, 0.3) is 0 Å². The molecule has 2 aromatic rings. The number of carboxylic acid groups (broad SMARTS) is 1. The normalized spacial score (nSPS) is 10.1. The average Bonchev–Trinajstić information content (AvgIpc) is 2.41. The Hall–Kier alpha value is -2.67. The molecule has 2 rings (SSSR count). The molecule has 7 nitrogen and oxygen atoms in total. The summed E-state index contributed by atoms with van der Waals surface area (Å²) in [4.78, 5) is 24.8. The molecule has 0 radical (unpaired) electrons. The zero-order valence-corrected chi connectivity index (χ0v) is 10.7. The van der Waals surface area contributed by atoms with Crippen LogP contribution in [0.3, 0.4) is 0 Å². The van der Waals surface area contributed by atoms with Crippen LogP contribution in [-0.2, 0) is 0 Å². The van der Waals surface area contributed by atoms with Gasteiger partial charge in [-0.1, -0.05) is 23.7 Å². The largest absolute Gasteiger partial charge is 0.478 e. The topological polar surface area (TPSA) is 105 Å². The molecule has 1 heterocycles. The van der Waals surface area contributed by atoms with Gasteiger partial charge in [-0.2, -0.15) is 0 Å². The summed E-state index contributed by atoms with van der Waals surface area (Å²) in [7, 11) is 0. The van der Waals surface area contributed by atoms with E-state index in [0.29, 0.717) is 10.7 Å². The number of hydrogen-bond acceptors (Lipinski definition) is 5. The van der Waals surface area contributed by atoms with Gasteiger partial charge in [0.25, 0.3) is 5.69 Å². The first-order chi connectivity index (χ1) is 9.49. The molecule has 0 saturated heterocycles.